The molecule has 1 N–H and O–H groups in total. The summed E-state index contributed by atoms with van der Waals surface area (Å²) >= 11 is 1.55. The lowest BCUT2D eigenvalue weighted by Crippen LogP contribution is -1.86. The van der Waals surface area contributed by atoms with E-state index in [2.05, 4.69) is 0 Å². The molecule has 0 spiro atoms. The molecule has 0 unspecified atom stereocenters. The van der Waals surface area contributed by atoms with Crippen LogP contribution in [0.3, 0.4) is 0 Å². The van der Waals surface area contributed by atoms with E-state index >= 15 is 0 Å². The Morgan fingerprint density at radius 1 is 1.77 bits per heavy atom. The summed E-state index contributed by atoms with van der Waals surface area (Å²) in [6, 6.07) is 1.87. The topological polar surface area (TPSA) is 50.4 Å². The molecule has 1 heterocycles. The summed E-state index contributed by atoms with van der Waals surface area (Å²) in [5, 5.41) is 8.31. The standard InChI is InChI=1S/C9H10O3S/c1-7-8(4-5-12-7)13-6-2-3-9(10)11/h2-5H,6H2,1H3,(H,10,11)/b3-2+. The molecule has 0 atom stereocenters. The van der Waals surface area contributed by atoms with Crippen LogP contribution < -0.4 is 0 Å². The first kappa shape index (κ1) is 9.92. The highest BCUT2D eigenvalue weighted by molar-refractivity contribution is 7.99. The lowest BCUT2D eigenvalue weighted by atomic mass is 10.5. The number of hydrogen-bond acceptors (Lipinski definition) is 3. The molecule has 0 fully saturated rings. The third kappa shape index (κ3) is 3.38. The maximum atomic E-state index is 10.1. The first-order valence-electron chi connectivity index (χ1n) is 3.76. The molecule has 4 heteroatoms. The van der Waals surface area contributed by atoms with Crippen molar-refractivity contribution in [1.82, 2.24) is 0 Å². The van der Waals surface area contributed by atoms with Gasteiger partial charge >= 0.3 is 5.97 Å². The molecule has 0 aliphatic carbocycles. The quantitative estimate of drug-likeness (QED) is 0.596. The van der Waals surface area contributed by atoms with E-state index in [4.69, 9.17) is 9.52 Å². The van der Waals surface area contributed by atoms with Crippen LogP contribution in [0, 0.1) is 6.92 Å². The van der Waals surface area contributed by atoms with Crippen molar-refractivity contribution < 1.29 is 14.3 Å². The maximum Gasteiger partial charge on any atom is 0.328 e. The van der Waals surface area contributed by atoms with Crippen molar-refractivity contribution in [2.45, 2.75) is 11.8 Å². The summed E-state index contributed by atoms with van der Waals surface area (Å²) in [7, 11) is 0. The molecule has 70 valence electrons. The van der Waals surface area contributed by atoms with Crippen molar-refractivity contribution in [2.75, 3.05) is 5.75 Å². The summed E-state index contributed by atoms with van der Waals surface area (Å²) in [5.74, 6) is 0.602. The number of rotatable bonds is 4. The average Bonchev–Trinajstić information content (AvgIpc) is 2.45. The summed E-state index contributed by atoms with van der Waals surface area (Å²) in [5.41, 5.74) is 0. The van der Waals surface area contributed by atoms with Gasteiger partial charge in [0.05, 0.1) is 6.26 Å². The molecule has 0 aliphatic heterocycles. The summed E-state index contributed by atoms with van der Waals surface area (Å²) in [4.78, 5) is 11.2. The van der Waals surface area contributed by atoms with Crippen LogP contribution >= 0.6 is 11.8 Å². The van der Waals surface area contributed by atoms with Crippen LogP contribution in [0.5, 0.6) is 0 Å². The molecule has 13 heavy (non-hydrogen) atoms. The zero-order chi connectivity index (χ0) is 9.68. The van der Waals surface area contributed by atoms with Crippen molar-refractivity contribution >= 4 is 17.7 Å². The summed E-state index contributed by atoms with van der Waals surface area (Å²) in [6.07, 6.45) is 4.38. The van der Waals surface area contributed by atoms with Gasteiger partial charge in [-0.25, -0.2) is 4.79 Å². The van der Waals surface area contributed by atoms with E-state index in [0.717, 1.165) is 16.7 Å². The van der Waals surface area contributed by atoms with Crippen molar-refractivity contribution in [3.05, 3.63) is 30.2 Å². The van der Waals surface area contributed by atoms with Crippen LogP contribution in [-0.2, 0) is 4.79 Å². The van der Waals surface area contributed by atoms with Crippen LogP contribution in [0.1, 0.15) is 5.76 Å². The van der Waals surface area contributed by atoms with Gasteiger partial charge in [0.25, 0.3) is 0 Å². The minimum Gasteiger partial charge on any atom is -0.478 e. The van der Waals surface area contributed by atoms with E-state index < -0.39 is 5.97 Å². The molecule has 0 aromatic carbocycles. The Morgan fingerprint density at radius 2 is 2.54 bits per heavy atom. The zero-order valence-corrected chi connectivity index (χ0v) is 8.00. The van der Waals surface area contributed by atoms with Crippen LogP contribution in [0.15, 0.2) is 33.8 Å². The van der Waals surface area contributed by atoms with Gasteiger partial charge in [0.15, 0.2) is 0 Å². The number of carbonyl (C=O) groups is 1. The highest BCUT2D eigenvalue weighted by Gasteiger charge is 1.99. The van der Waals surface area contributed by atoms with Crippen molar-refractivity contribution in [3.8, 4) is 0 Å². The van der Waals surface area contributed by atoms with E-state index in [1.54, 1.807) is 24.1 Å². The summed E-state index contributed by atoms with van der Waals surface area (Å²) < 4.78 is 5.08. The highest BCUT2D eigenvalue weighted by atomic mass is 32.2. The Hall–Kier alpha value is -1.16. The number of hydrogen-bond donors (Lipinski definition) is 1. The SMILES string of the molecule is Cc1occc1SC/C=C/C(=O)O. The third-order valence-electron chi connectivity index (χ3n) is 1.41. The third-order valence-corrected chi connectivity index (χ3v) is 2.50. The monoisotopic (exact) mass is 198 g/mol. The number of carboxylic acid groups (broad SMARTS) is 1. The maximum absolute atomic E-state index is 10.1. The minimum absolute atomic E-state index is 0.646. The predicted molar refractivity (Wildman–Crippen MR) is 50.9 cm³/mol. The molecule has 0 amide bonds. The van der Waals surface area contributed by atoms with Crippen LogP contribution in [0.4, 0.5) is 0 Å². The number of thioether (sulfide) groups is 1. The second kappa shape index (κ2) is 4.77. The molecule has 0 saturated heterocycles. The Labute approximate surface area is 80.4 Å². The number of aryl methyl sites for hydroxylation is 1. The first-order valence-corrected chi connectivity index (χ1v) is 4.75. The molecule has 1 aromatic rings. The second-order valence-corrected chi connectivity index (χ2v) is 3.45. The van der Waals surface area contributed by atoms with E-state index in [0.29, 0.717) is 5.75 Å². The lowest BCUT2D eigenvalue weighted by Gasteiger charge is -1.92. The molecular weight excluding hydrogens is 188 g/mol. The van der Waals surface area contributed by atoms with Crippen LogP contribution in [-0.4, -0.2) is 16.8 Å². The Kier molecular flexibility index (Phi) is 3.64. The van der Waals surface area contributed by atoms with Gasteiger partial charge in [-0.05, 0) is 13.0 Å². The average molecular weight is 198 g/mol. The largest absolute Gasteiger partial charge is 0.478 e. The van der Waals surface area contributed by atoms with E-state index in [9.17, 15) is 4.79 Å². The molecule has 0 saturated carbocycles. The smallest absolute Gasteiger partial charge is 0.328 e. The van der Waals surface area contributed by atoms with Crippen molar-refractivity contribution in [3.63, 3.8) is 0 Å². The molecule has 0 radical (unpaired) electrons. The van der Waals surface area contributed by atoms with Crippen LogP contribution in [0.25, 0.3) is 0 Å². The van der Waals surface area contributed by atoms with Gasteiger partial charge < -0.3 is 9.52 Å². The Morgan fingerprint density at radius 3 is 3.08 bits per heavy atom. The van der Waals surface area contributed by atoms with Gasteiger partial charge in [-0.15, -0.1) is 11.8 Å². The van der Waals surface area contributed by atoms with E-state index in [1.807, 2.05) is 13.0 Å². The molecule has 0 bridgehead atoms. The van der Waals surface area contributed by atoms with Gasteiger partial charge in [-0.2, -0.15) is 0 Å². The predicted octanol–water partition coefficient (Wildman–Crippen LogP) is 2.32. The fourth-order valence-corrected chi connectivity index (χ4v) is 1.59. The number of furan rings is 1. The van der Waals surface area contributed by atoms with Crippen molar-refractivity contribution in [2.24, 2.45) is 0 Å². The van der Waals surface area contributed by atoms with E-state index in [1.165, 1.54) is 0 Å². The Balaban J connectivity index is 2.36. The Bertz CT molecular complexity index is 314. The number of carboxylic acids is 1. The van der Waals surface area contributed by atoms with Gasteiger partial charge in [-0.1, -0.05) is 6.08 Å². The first-order chi connectivity index (χ1) is 6.20. The van der Waals surface area contributed by atoms with Gasteiger partial charge in [0.2, 0.25) is 0 Å². The molecule has 1 rings (SSSR count). The normalized spacial score (nSPS) is 10.8. The number of aliphatic carboxylic acids is 1. The summed E-state index contributed by atoms with van der Waals surface area (Å²) in [6.45, 7) is 1.88. The molecule has 0 aliphatic rings. The second-order valence-electron chi connectivity index (χ2n) is 2.39. The fraction of sp³-hybridized carbons (Fsp3) is 0.222. The molecular formula is C9H10O3S. The fourth-order valence-electron chi connectivity index (χ4n) is 0.810. The molecule has 1 aromatic heterocycles. The van der Waals surface area contributed by atoms with Gasteiger partial charge in [0.1, 0.15) is 5.76 Å². The minimum atomic E-state index is -0.912. The zero-order valence-electron chi connectivity index (χ0n) is 7.19. The highest BCUT2D eigenvalue weighted by Crippen LogP contribution is 2.22. The lowest BCUT2D eigenvalue weighted by molar-refractivity contribution is -0.131. The molecule has 3 nitrogen and oxygen atoms in total. The van der Waals surface area contributed by atoms with E-state index in [-0.39, 0.29) is 0 Å². The van der Waals surface area contributed by atoms with Crippen LogP contribution in [0.2, 0.25) is 0 Å². The van der Waals surface area contributed by atoms with Crippen molar-refractivity contribution in [1.29, 1.82) is 0 Å². The van der Waals surface area contributed by atoms with Gasteiger partial charge in [-0.3, -0.25) is 0 Å². The van der Waals surface area contributed by atoms with Gasteiger partial charge in [0, 0.05) is 16.7 Å².